The standard InChI is InChI=1S/C24H24N4O5S/c1-14-4-9-21(15(2)10-14)27(16(3)29)24-26-19(13-34-24)12-33-23(30)17-5-8-20(25-18-6-7-18)22(11-17)28(31)32/h4-5,8-11,13,18,25H,6-7,12H2,1-3H3. The highest BCUT2D eigenvalue weighted by Crippen LogP contribution is 2.33. The highest BCUT2D eigenvalue weighted by atomic mass is 32.1. The molecule has 1 amide bonds. The number of nitrogens with one attached hydrogen (secondary N) is 1. The lowest BCUT2D eigenvalue weighted by Gasteiger charge is -2.20. The third-order valence-electron chi connectivity index (χ3n) is 5.36. The van der Waals surface area contributed by atoms with Crippen LogP contribution in [-0.2, 0) is 16.1 Å². The van der Waals surface area contributed by atoms with Gasteiger partial charge in [-0.25, -0.2) is 9.78 Å². The van der Waals surface area contributed by atoms with E-state index in [-0.39, 0.29) is 29.8 Å². The summed E-state index contributed by atoms with van der Waals surface area (Å²) in [7, 11) is 0. The summed E-state index contributed by atoms with van der Waals surface area (Å²) in [6.07, 6.45) is 1.95. The molecule has 1 heterocycles. The Labute approximate surface area is 200 Å². The second kappa shape index (κ2) is 9.60. The molecule has 34 heavy (non-hydrogen) atoms. The van der Waals surface area contributed by atoms with Gasteiger partial charge < -0.3 is 10.1 Å². The number of benzene rings is 2. The second-order valence-corrected chi connectivity index (χ2v) is 9.09. The van der Waals surface area contributed by atoms with Gasteiger partial charge in [-0.3, -0.25) is 19.8 Å². The zero-order valence-electron chi connectivity index (χ0n) is 19.0. The lowest BCUT2D eigenvalue weighted by molar-refractivity contribution is -0.384. The molecular weight excluding hydrogens is 456 g/mol. The summed E-state index contributed by atoms with van der Waals surface area (Å²) in [5.74, 6) is -0.870. The van der Waals surface area contributed by atoms with Crippen LogP contribution in [0.25, 0.3) is 0 Å². The van der Waals surface area contributed by atoms with Crippen LogP contribution in [0.15, 0.2) is 41.8 Å². The SMILES string of the molecule is CC(=O)N(c1nc(COC(=O)c2ccc(NC3CC3)c([N+](=O)[O-])c2)cs1)c1ccc(C)cc1C. The Balaban J connectivity index is 1.47. The van der Waals surface area contributed by atoms with Crippen LogP contribution < -0.4 is 10.2 Å². The van der Waals surface area contributed by atoms with E-state index >= 15 is 0 Å². The number of nitrogens with zero attached hydrogens (tertiary/aromatic N) is 3. The molecule has 1 fully saturated rings. The Morgan fingerprint density at radius 1 is 1.24 bits per heavy atom. The Kier molecular flexibility index (Phi) is 6.60. The number of rotatable bonds is 8. The van der Waals surface area contributed by atoms with Crippen molar-refractivity contribution in [1.82, 2.24) is 4.98 Å². The van der Waals surface area contributed by atoms with E-state index in [9.17, 15) is 19.7 Å². The maximum absolute atomic E-state index is 12.5. The predicted octanol–water partition coefficient (Wildman–Crippen LogP) is 5.28. The largest absolute Gasteiger partial charge is 0.456 e. The molecule has 0 saturated heterocycles. The van der Waals surface area contributed by atoms with Crippen molar-refractivity contribution in [3.05, 3.63) is 74.3 Å². The number of nitro groups is 1. The first-order valence-electron chi connectivity index (χ1n) is 10.8. The van der Waals surface area contributed by atoms with Crippen molar-refractivity contribution < 1.29 is 19.2 Å². The van der Waals surface area contributed by atoms with Gasteiger partial charge in [0.1, 0.15) is 12.3 Å². The number of carbonyl (C=O) groups excluding carboxylic acids is 2. The third-order valence-corrected chi connectivity index (χ3v) is 6.23. The van der Waals surface area contributed by atoms with E-state index in [4.69, 9.17) is 4.74 Å². The van der Waals surface area contributed by atoms with Crippen LogP contribution >= 0.6 is 11.3 Å². The molecule has 0 atom stereocenters. The van der Waals surface area contributed by atoms with Gasteiger partial charge in [0.2, 0.25) is 5.91 Å². The molecule has 0 radical (unpaired) electrons. The molecule has 2 aromatic carbocycles. The van der Waals surface area contributed by atoms with E-state index < -0.39 is 10.9 Å². The van der Waals surface area contributed by atoms with Crippen LogP contribution in [0.2, 0.25) is 0 Å². The minimum atomic E-state index is -0.687. The summed E-state index contributed by atoms with van der Waals surface area (Å²) < 4.78 is 5.34. The van der Waals surface area contributed by atoms with Gasteiger partial charge in [0.15, 0.2) is 5.13 Å². The van der Waals surface area contributed by atoms with E-state index in [1.54, 1.807) is 5.38 Å². The normalized spacial score (nSPS) is 12.8. The van der Waals surface area contributed by atoms with E-state index in [0.29, 0.717) is 16.5 Å². The van der Waals surface area contributed by atoms with Crippen molar-refractivity contribution in [3.8, 4) is 0 Å². The van der Waals surface area contributed by atoms with Gasteiger partial charge in [-0.15, -0.1) is 11.3 Å². The Morgan fingerprint density at radius 3 is 2.65 bits per heavy atom. The summed E-state index contributed by atoms with van der Waals surface area (Å²) in [6.45, 7) is 5.26. The molecule has 0 unspecified atom stereocenters. The van der Waals surface area contributed by atoms with Gasteiger partial charge in [-0.2, -0.15) is 0 Å². The van der Waals surface area contributed by atoms with Gasteiger partial charge in [0, 0.05) is 24.4 Å². The minimum absolute atomic E-state index is 0.0872. The maximum Gasteiger partial charge on any atom is 0.338 e. The van der Waals surface area contributed by atoms with Gasteiger partial charge in [0.25, 0.3) is 5.69 Å². The molecule has 0 bridgehead atoms. The van der Waals surface area contributed by atoms with Gasteiger partial charge in [0.05, 0.1) is 21.9 Å². The number of thiazole rings is 1. The molecule has 1 saturated carbocycles. The third kappa shape index (κ3) is 5.23. The lowest BCUT2D eigenvalue weighted by atomic mass is 10.1. The zero-order chi connectivity index (χ0) is 24.4. The van der Waals surface area contributed by atoms with E-state index in [0.717, 1.165) is 29.7 Å². The topological polar surface area (TPSA) is 115 Å². The van der Waals surface area contributed by atoms with Crippen LogP contribution in [0.3, 0.4) is 0 Å². The van der Waals surface area contributed by atoms with E-state index in [1.165, 1.54) is 41.4 Å². The fraction of sp³-hybridized carbons (Fsp3) is 0.292. The molecule has 1 aliphatic rings. The molecule has 3 aromatic rings. The predicted molar refractivity (Wildman–Crippen MR) is 130 cm³/mol. The quantitative estimate of drug-likeness (QED) is 0.265. The number of ether oxygens (including phenoxy) is 1. The summed E-state index contributed by atoms with van der Waals surface area (Å²) in [5.41, 5.74) is 3.57. The van der Waals surface area contributed by atoms with Crippen LogP contribution in [0, 0.1) is 24.0 Å². The molecule has 1 aromatic heterocycles. The Morgan fingerprint density at radius 2 is 2.00 bits per heavy atom. The number of nitro benzene ring substituents is 1. The van der Waals surface area contributed by atoms with Crippen LogP contribution in [-0.4, -0.2) is 27.8 Å². The average Bonchev–Trinajstić information content (AvgIpc) is 3.48. The highest BCUT2D eigenvalue weighted by molar-refractivity contribution is 7.14. The Bertz CT molecular complexity index is 1270. The summed E-state index contributed by atoms with van der Waals surface area (Å²) in [5, 5.41) is 16.7. The number of carbonyl (C=O) groups is 2. The first-order valence-corrected chi connectivity index (χ1v) is 11.7. The second-order valence-electron chi connectivity index (χ2n) is 8.25. The molecule has 0 spiro atoms. The van der Waals surface area contributed by atoms with Crippen LogP contribution in [0.5, 0.6) is 0 Å². The summed E-state index contributed by atoms with van der Waals surface area (Å²) in [4.78, 5) is 41.8. The zero-order valence-corrected chi connectivity index (χ0v) is 19.8. The molecule has 4 rings (SSSR count). The number of hydrogen-bond donors (Lipinski definition) is 1. The monoisotopic (exact) mass is 480 g/mol. The molecule has 1 aliphatic carbocycles. The highest BCUT2D eigenvalue weighted by Gasteiger charge is 2.26. The van der Waals surface area contributed by atoms with E-state index in [1.807, 2.05) is 32.0 Å². The summed E-state index contributed by atoms with van der Waals surface area (Å²) in [6, 6.07) is 10.3. The van der Waals surface area contributed by atoms with Gasteiger partial charge >= 0.3 is 5.97 Å². The Hall–Kier alpha value is -3.79. The molecule has 176 valence electrons. The van der Waals surface area contributed by atoms with Crippen molar-refractivity contribution in [3.63, 3.8) is 0 Å². The van der Waals surface area contributed by atoms with Crippen molar-refractivity contribution in [1.29, 1.82) is 0 Å². The number of anilines is 3. The summed E-state index contributed by atoms with van der Waals surface area (Å²) >= 11 is 1.27. The molecule has 10 heteroatoms. The number of aromatic nitrogens is 1. The van der Waals surface area contributed by atoms with E-state index in [2.05, 4.69) is 10.3 Å². The molecule has 0 aliphatic heterocycles. The number of hydrogen-bond acceptors (Lipinski definition) is 8. The first-order chi connectivity index (χ1) is 16.2. The van der Waals surface area contributed by atoms with Crippen LogP contribution in [0.4, 0.5) is 22.2 Å². The van der Waals surface area contributed by atoms with Crippen molar-refractivity contribution in [2.75, 3.05) is 10.2 Å². The van der Waals surface area contributed by atoms with Crippen molar-refractivity contribution in [2.24, 2.45) is 0 Å². The number of esters is 1. The molecule has 1 N–H and O–H groups in total. The minimum Gasteiger partial charge on any atom is -0.456 e. The van der Waals surface area contributed by atoms with Gasteiger partial charge in [-0.05, 0) is 50.5 Å². The fourth-order valence-corrected chi connectivity index (χ4v) is 4.40. The average molecular weight is 481 g/mol. The fourth-order valence-electron chi connectivity index (χ4n) is 3.53. The van der Waals surface area contributed by atoms with Crippen molar-refractivity contribution >= 4 is 45.4 Å². The number of aryl methyl sites for hydroxylation is 2. The smallest absolute Gasteiger partial charge is 0.338 e. The molecule has 9 nitrogen and oxygen atoms in total. The van der Waals surface area contributed by atoms with Crippen molar-refractivity contribution in [2.45, 2.75) is 46.3 Å². The van der Waals surface area contributed by atoms with Gasteiger partial charge in [-0.1, -0.05) is 17.7 Å². The maximum atomic E-state index is 12.5. The molecular formula is C24H24N4O5S. The van der Waals surface area contributed by atoms with Crippen LogP contribution in [0.1, 0.15) is 46.9 Å². The lowest BCUT2D eigenvalue weighted by Crippen LogP contribution is -2.23. The first kappa shape index (κ1) is 23.4. The number of amides is 1.